The van der Waals surface area contributed by atoms with Crippen LogP contribution >= 0.6 is 0 Å². The zero-order valence-electron chi connectivity index (χ0n) is 8.33. The van der Waals surface area contributed by atoms with Crippen LogP contribution < -0.4 is 0 Å². The predicted molar refractivity (Wildman–Crippen MR) is 63.1 cm³/mol. The lowest BCUT2D eigenvalue weighted by Gasteiger charge is -2.05. The van der Waals surface area contributed by atoms with Crippen molar-refractivity contribution in [1.82, 2.24) is 0 Å². The summed E-state index contributed by atoms with van der Waals surface area (Å²) in [4.78, 5) is 0. The third-order valence-corrected chi connectivity index (χ3v) is 2.47. The van der Waals surface area contributed by atoms with Crippen LogP contribution in [0.2, 0.25) is 0 Å². The molecule has 0 saturated heterocycles. The standard InChI is InChI=1S/C14H13/c1-3-6-13-11(2)9-10-12-7-4-5-8-14(12)13/h3-10H,1H2,2H3/b6-3+. The molecule has 0 nitrogen and oxygen atoms in total. The molecule has 0 aliphatic rings. The second-order valence-electron chi connectivity index (χ2n) is 3.42. The van der Waals surface area contributed by atoms with Crippen LogP contribution in [0.25, 0.3) is 16.8 Å². The molecule has 1 radical (unpaired) electrons. The largest absolute Gasteiger partial charge is 0.0836 e. The number of allylic oxidation sites excluding steroid dienone is 1. The molecule has 2 aromatic rings. The number of benzene rings is 2. The molecule has 0 aromatic heterocycles. The average Bonchev–Trinajstić information content (AvgIpc) is 2.23. The lowest BCUT2D eigenvalue weighted by atomic mass is 9.99. The van der Waals surface area contributed by atoms with E-state index in [4.69, 9.17) is 0 Å². The van der Waals surface area contributed by atoms with Gasteiger partial charge < -0.3 is 0 Å². The van der Waals surface area contributed by atoms with Gasteiger partial charge in [0.2, 0.25) is 0 Å². The van der Waals surface area contributed by atoms with Crippen LogP contribution in [0.1, 0.15) is 11.1 Å². The second-order valence-corrected chi connectivity index (χ2v) is 3.42. The van der Waals surface area contributed by atoms with Crippen LogP contribution in [0, 0.1) is 13.8 Å². The van der Waals surface area contributed by atoms with Crippen molar-refractivity contribution in [2.75, 3.05) is 0 Å². The van der Waals surface area contributed by atoms with Crippen molar-refractivity contribution in [1.29, 1.82) is 0 Å². The Kier molecular flexibility index (Phi) is 2.36. The molecule has 69 valence electrons. The Hall–Kier alpha value is -1.56. The molecule has 0 saturated carbocycles. The molecular formula is C14H13. The highest BCUT2D eigenvalue weighted by Gasteiger charge is 1.99. The van der Waals surface area contributed by atoms with E-state index in [2.05, 4.69) is 56.3 Å². The van der Waals surface area contributed by atoms with Crippen molar-refractivity contribution < 1.29 is 0 Å². The molecule has 0 fully saturated rings. The van der Waals surface area contributed by atoms with Gasteiger partial charge in [0.1, 0.15) is 0 Å². The Morgan fingerprint density at radius 2 is 1.86 bits per heavy atom. The highest BCUT2D eigenvalue weighted by Crippen LogP contribution is 2.23. The Morgan fingerprint density at radius 1 is 1.07 bits per heavy atom. The van der Waals surface area contributed by atoms with Gasteiger partial charge in [0, 0.05) is 0 Å². The van der Waals surface area contributed by atoms with Crippen LogP contribution in [-0.2, 0) is 0 Å². The van der Waals surface area contributed by atoms with Gasteiger partial charge in [-0.3, -0.25) is 0 Å². The van der Waals surface area contributed by atoms with Gasteiger partial charge in [-0.25, -0.2) is 0 Å². The second kappa shape index (κ2) is 3.67. The lowest BCUT2D eigenvalue weighted by molar-refractivity contribution is 1.48. The van der Waals surface area contributed by atoms with E-state index in [9.17, 15) is 0 Å². The first-order chi connectivity index (χ1) is 6.83. The van der Waals surface area contributed by atoms with Crippen LogP contribution in [0.4, 0.5) is 0 Å². The monoisotopic (exact) mass is 181 g/mol. The van der Waals surface area contributed by atoms with Crippen molar-refractivity contribution in [3.05, 3.63) is 60.5 Å². The van der Waals surface area contributed by atoms with Gasteiger partial charge in [-0.2, -0.15) is 0 Å². The van der Waals surface area contributed by atoms with E-state index in [1.165, 1.54) is 21.9 Å². The summed E-state index contributed by atoms with van der Waals surface area (Å²) in [5.74, 6) is 0. The topological polar surface area (TPSA) is 0 Å². The van der Waals surface area contributed by atoms with Crippen molar-refractivity contribution >= 4 is 16.8 Å². The normalized spacial score (nSPS) is 11.3. The Bertz CT molecular complexity index is 478. The van der Waals surface area contributed by atoms with Gasteiger partial charge in [0.05, 0.1) is 0 Å². The number of hydrogen-bond donors (Lipinski definition) is 0. The molecule has 0 heteroatoms. The fourth-order valence-electron chi connectivity index (χ4n) is 1.74. The molecule has 0 amide bonds. The Labute approximate surface area is 84.9 Å². The summed E-state index contributed by atoms with van der Waals surface area (Å²) in [5, 5.41) is 2.58. The van der Waals surface area contributed by atoms with E-state index in [1.807, 2.05) is 6.08 Å². The molecule has 2 aromatic carbocycles. The summed E-state index contributed by atoms with van der Waals surface area (Å²) in [6, 6.07) is 12.7. The van der Waals surface area contributed by atoms with E-state index >= 15 is 0 Å². The SMILES string of the molecule is [CH2]/C=C/c1c(C)ccc2ccccc12. The molecule has 0 atom stereocenters. The Morgan fingerprint density at radius 3 is 2.64 bits per heavy atom. The lowest BCUT2D eigenvalue weighted by Crippen LogP contribution is -1.83. The molecule has 2 rings (SSSR count). The smallest absolute Gasteiger partial charge is 0.0109 e. The van der Waals surface area contributed by atoms with Gasteiger partial charge in [0.15, 0.2) is 0 Å². The molecule has 0 spiro atoms. The molecule has 14 heavy (non-hydrogen) atoms. The molecule has 0 bridgehead atoms. The maximum Gasteiger partial charge on any atom is -0.0109 e. The molecular weight excluding hydrogens is 168 g/mol. The third kappa shape index (κ3) is 1.44. The van der Waals surface area contributed by atoms with Crippen molar-refractivity contribution in [2.45, 2.75) is 6.92 Å². The average molecular weight is 181 g/mol. The molecule has 0 N–H and O–H groups in total. The fourth-order valence-corrected chi connectivity index (χ4v) is 1.74. The van der Waals surface area contributed by atoms with E-state index in [0.717, 1.165) is 0 Å². The molecule has 0 aliphatic carbocycles. The van der Waals surface area contributed by atoms with Crippen LogP contribution in [-0.4, -0.2) is 0 Å². The van der Waals surface area contributed by atoms with Crippen LogP contribution in [0.15, 0.2) is 42.5 Å². The van der Waals surface area contributed by atoms with Gasteiger partial charge >= 0.3 is 0 Å². The van der Waals surface area contributed by atoms with E-state index in [-0.39, 0.29) is 0 Å². The highest BCUT2D eigenvalue weighted by molar-refractivity contribution is 5.91. The first-order valence-corrected chi connectivity index (χ1v) is 4.77. The van der Waals surface area contributed by atoms with Crippen LogP contribution in [0.5, 0.6) is 0 Å². The van der Waals surface area contributed by atoms with Gasteiger partial charge in [0.25, 0.3) is 0 Å². The quantitative estimate of drug-likeness (QED) is 0.624. The van der Waals surface area contributed by atoms with Gasteiger partial charge in [-0.05, 0) is 35.7 Å². The minimum Gasteiger partial charge on any atom is -0.0836 e. The van der Waals surface area contributed by atoms with Crippen molar-refractivity contribution in [3.8, 4) is 0 Å². The van der Waals surface area contributed by atoms with E-state index < -0.39 is 0 Å². The fraction of sp³-hybridized carbons (Fsp3) is 0.0714. The zero-order valence-corrected chi connectivity index (χ0v) is 8.33. The minimum atomic E-state index is 1.28. The summed E-state index contributed by atoms with van der Waals surface area (Å²) in [6.45, 7) is 5.88. The summed E-state index contributed by atoms with van der Waals surface area (Å²) in [7, 11) is 0. The first-order valence-electron chi connectivity index (χ1n) is 4.77. The number of hydrogen-bond acceptors (Lipinski definition) is 0. The van der Waals surface area contributed by atoms with Crippen LogP contribution in [0.3, 0.4) is 0 Å². The molecule has 0 aliphatic heterocycles. The minimum absolute atomic E-state index is 1.28. The van der Waals surface area contributed by atoms with Crippen molar-refractivity contribution in [2.24, 2.45) is 0 Å². The zero-order chi connectivity index (χ0) is 9.97. The highest BCUT2D eigenvalue weighted by atomic mass is 14.0. The maximum absolute atomic E-state index is 3.75. The first kappa shape index (κ1) is 9.01. The predicted octanol–water partition coefficient (Wildman–Crippen LogP) is 4.00. The maximum atomic E-state index is 3.75. The Balaban J connectivity index is 2.82. The van der Waals surface area contributed by atoms with Gasteiger partial charge in [-0.15, -0.1) is 0 Å². The van der Waals surface area contributed by atoms with E-state index in [1.54, 1.807) is 0 Å². The number of fused-ring (bicyclic) bond motifs is 1. The third-order valence-electron chi connectivity index (χ3n) is 2.47. The number of rotatable bonds is 1. The summed E-state index contributed by atoms with van der Waals surface area (Å²) >= 11 is 0. The summed E-state index contributed by atoms with van der Waals surface area (Å²) in [5.41, 5.74) is 2.57. The summed E-state index contributed by atoms with van der Waals surface area (Å²) < 4.78 is 0. The summed E-state index contributed by atoms with van der Waals surface area (Å²) in [6.07, 6.45) is 3.91. The number of aryl methyl sites for hydroxylation is 1. The van der Waals surface area contributed by atoms with Gasteiger partial charge in [-0.1, -0.05) is 48.6 Å². The molecule has 0 heterocycles. The van der Waals surface area contributed by atoms with E-state index in [0.29, 0.717) is 0 Å². The molecule has 0 unspecified atom stereocenters. The van der Waals surface area contributed by atoms with Crippen molar-refractivity contribution in [3.63, 3.8) is 0 Å².